The molecule has 0 atom stereocenters. The second-order valence-electron chi connectivity index (χ2n) is 7.68. The fourth-order valence-corrected chi connectivity index (χ4v) is 13.4. The summed E-state index contributed by atoms with van der Waals surface area (Å²) in [5, 5.41) is 0. The van der Waals surface area contributed by atoms with Crippen molar-refractivity contribution in [1.82, 2.24) is 4.57 Å². The van der Waals surface area contributed by atoms with Crippen LogP contribution in [0.2, 0.25) is 22.7 Å². The van der Waals surface area contributed by atoms with Gasteiger partial charge in [-0.25, -0.2) is 0 Å². The van der Waals surface area contributed by atoms with Gasteiger partial charge >= 0.3 is 9.28 Å². The first kappa shape index (κ1) is 23.3. The number of unbranched alkanes of at least 4 members (excludes halogenated alkanes) is 2. The first-order valence-corrected chi connectivity index (χ1v) is 13.5. The molecule has 5 heteroatoms. The summed E-state index contributed by atoms with van der Waals surface area (Å²) >= 11 is 0. The molecule has 0 N–H and O–H groups in total. The molecule has 0 saturated heterocycles. The molecule has 0 heterocycles. The van der Waals surface area contributed by atoms with Crippen LogP contribution in [0.15, 0.2) is 0 Å². The summed E-state index contributed by atoms with van der Waals surface area (Å²) in [6, 6.07) is 1.14. The second-order valence-corrected chi connectivity index (χ2v) is 15.9. The van der Waals surface area contributed by atoms with E-state index in [0.717, 1.165) is 22.7 Å². The van der Waals surface area contributed by atoms with Crippen molar-refractivity contribution in [2.75, 3.05) is 27.3 Å². The van der Waals surface area contributed by atoms with Gasteiger partial charge in [0.25, 0.3) is 0 Å². The third kappa shape index (κ3) is 6.27. The minimum absolute atomic E-state index is 0.807. The molecule has 0 aliphatic carbocycles. The molecule has 0 saturated carbocycles. The third-order valence-corrected chi connectivity index (χ3v) is 14.7. The average molecular weight is 362 g/mol. The van der Waals surface area contributed by atoms with Gasteiger partial charge in [0.1, 0.15) is 8.24 Å². The minimum atomic E-state index is -1.46. The average Bonchev–Trinajstić information content (AvgIpc) is 2.48. The largest absolute Gasteiger partial charge is 0.400 e. The van der Waals surface area contributed by atoms with Crippen molar-refractivity contribution < 1.29 is 8.85 Å². The highest BCUT2D eigenvalue weighted by molar-refractivity contribution is 6.80. The maximum atomic E-state index is 5.41. The number of hydrogen-bond acceptors (Lipinski definition) is 3. The Morgan fingerprint density at radius 2 is 1.30 bits per heavy atom. The third-order valence-electron chi connectivity index (χ3n) is 5.60. The summed E-state index contributed by atoms with van der Waals surface area (Å²) in [4.78, 5) is 0. The van der Waals surface area contributed by atoms with Crippen molar-refractivity contribution in [3.8, 4) is 0 Å². The first-order chi connectivity index (χ1) is 10.8. The molecule has 0 amide bonds. The van der Waals surface area contributed by atoms with Crippen LogP contribution in [0.4, 0.5) is 0 Å². The van der Waals surface area contributed by atoms with E-state index in [1.54, 1.807) is 14.2 Å². The number of nitrogens with zero attached hydrogens (tertiary/aromatic N) is 1. The molecule has 0 radical (unpaired) electrons. The standard InChI is InChI=1S/C18H43NO2Si2/c1-10-19(14-12-11-13-15-22(20-8)21-9)23(16(2)3,17(4)5)18(6)7/h16-18,22H,10-15H2,1-9H3. The number of rotatable bonds is 13. The molecule has 0 aromatic rings. The van der Waals surface area contributed by atoms with Crippen molar-refractivity contribution >= 4 is 17.5 Å². The van der Waals surface area contributed by atoms with Gasteiger partial charge in [0.2, 0.25) is 0 Å². The van der Waals surface area contributed by atoms with Crippen molar-refractivity contribution in [2.24, 2.45) is 0 Å². The molecule has 140 valence electrons. The molecule has 0 fully saturated rings. The van der Waals surface area contributed by atoms with Gasteiger partial charge in [-0.1, -0.05) is 61.3 Å². The highest BCUT2D eigenvalue weighted by Gasteiger charge is 2.47. The zero-order chi connectivity index (χ0) is 18.0. The zero-order valence-corrected chi connectivity index (χ0v) is 19.5. The Labute approximate surface area is 149 Å². The smallest absolute Gasteiger partial charge is 0.320 e. The van der Waals surface area contributed by atoms with E-state index < -0.39 is 17.5 Å². The Morgan fingerprint density at radius 1 is 0.826 bits per heavy atom. The predicted molar refractivity (Wildman–Crippen MR) is 108 cm³/mol. The van der Waals surface area contributed by atoms with Crippen LogP contribution < -0.4 is 0 Å². The van der Waals surface area contributed by atoms with Crippen LogP contribution in [-0.4, -0.2) is 49.4 Å². The van der Waals surface area contributed by atoms with Crippen molar-refractivity contribution in [3.63, 3.8) is 0 Å². The van der Waals surface area contributed by atoms with E-state index in [4.69, 9.17) is 8.85 Å². The monoisotopic (exact) mass is 361 g/mol. The summed E-state index contributed by atoms with van der Waals surface area (Å²) in [6.07, 6.45) is 3.85. The molecule has 0 aliphatic rings. The Balaban J connectivity index is 4.66. The minimum Gasteiger partial charge on any atom is -0.400 e. The van der Waals surface area contributed by atoms with Crippen molar-refractivity contribution in [1.29, 1.82) is 0 Å². The maximum absolute atomic E-state index is 5.41. The van der Waals surface area contributed by atoms with Gasteiger partial charge in [-0.2, -0.15) is 0 Å². The molecule has 0 unspecified atom stereocenters. The Hall–Kier alpha value is 0.314. The maximum Gasteiger partial charge on any atom is 0.320 e. The van der Waals surface area contributed by atoms with Gasteiger partial charge in [0.15, 0.2) is 0 Å². The Kier molecular flexibility index (Phi) is 12.0. The van der Waals surface area contributed by atoms with E-state index in [1.165, 1.54) is 32.4 Å². The van der Waals surface area contributed by atoms with Crippen LogP contribution in [-0.2, 0) is 8.85 Å². The van der Waals surface area contributed by atoms with Crippen LogP contribution in [0.25, 0.3) is 0 Å². The summed E-state index contributed by atoms with van der Waals surface area (Å²) < 4.78 is 13.7. The fourth-order valence-electron chi connectivity index (χ4n) is 4.84. The van der Waals surface area contributed by atoms with Gasteiger partial charge in [0, 0.05) is 14.2 Å². The van der Waals surface area contributed by atoms with E-state index in [0.29, 0.717) is 0 Å². The quantitative estimate of drug-likeness (QED) is 0.334. The van der Waals surface area contributed by atoms with Crippen LogP contribution in [0.5, 0.6) is 0 Å². The van der Waals surface area contributed by atoms with Gasteiger partial charge in [-0.15, -0.1) is 0 Å². The molecular weight excluding hydrogens is 318 g/mol. The predicted octanol–water partition coefficient (Wildman–Crippen LogP) is 5.17. The highest BCUT2D eigenvalue weighted by atomic mass is 28.3. The van der Waals surface area contributed by atoms with Gasteiger partial charge in [-0.05, 0) is 42.2 Å². The molecule has 0 aromatic heterocycles. The lowest BCUT2D eigenvalue weighted by atomic mass is 10.2. The molecule has 0 bridgehead atoms. The number of hydrogen-bond donors (Lipinski definition) is 0. The molecule has 0 spiro atoms. The van der Waals surface area contributed by atoms with E-state index in [2.05, 4.69) is 53.0 Å². The summed E-state index contributed by atoms with van der Waals surface area (Å²) in [5.41, 5.74) is 2.42. The highest BCUT2D eigenvalue weighted by Crippen LogP contribution is 2.43. The SMILES string of the molecule is CCN(CCCCC[SiH](OC)OC)[Si](C(C)C)(C(C)C)C(C)C. The normalized spacial score (nSPS) is 13.3. The Morgan fingerprint density at radius 3 is 1.65 bits per heavy atom. The van der Waals surface area contributed by atoms with Crippen LogP contribution >= 0.6 is 0 Å². The van der Waals surface area contributed by atoms with Crippen molar-refractivity contribution in [3.05, 3.63) is 0 Å². The van der Waals surface area contributed by atoms with Gasteiger partial charge in [-0.3, -0.25) is 0 Å². The fraction of sp³-hybridized carbons (Fsp3) is 1.00. The van der Waals surface area contributed by atoms with Crippen LogP contribution in [0.3, 0.4) is 0 Å². The lowest BCUT2D eigenvalue weighted by molar-refractivity contribution is 0.275. The first-order valence-electron chi connectivity index (χ1n) is 9.59. The van der Waals surface area contributed by atoms with Crippen LogP contribution in [0, 0.1) is 0 Å². The lowest BCUT2D eigenvalue weighted by Crippen LogP contribution is -2.60. The van der Waals surface area contributed by atoms with E-state index >= 15 is 0 Å². The summed E-state index contributed by atoms with van der Waals surface area (Å²) in [6.45, 7) is 19.6. The van der Waals surface area contributed by atoms with Crippen molar-refractivity contribution in [2.45, 2.75) is 90.4 Å². The van der Waals surface area contributed by atoms with Crippen LogP contribution in [0.1, 0.15) is 67.7 Å². The van der Waals surface area contributed by atoms with E-state index in [-0.39, 0.29) is 0 Å². The molecular formula is C18H43NO2Si2. The lowest BCUT2D eigenvalue weighted by Gasteiger charge is -2.51. The summed E-state index contributed by atoms with van der Waals surface area (Å²) in [7, 11) is 0.756. The second kappa shape index (κ2) is 11.8. The molecule has 3 nitrogen and oxygen atoms in total. The molecule has 23 heavy (non-hydrogen) atoms. The molecule has 0 aromatic carbocycles. The van der Waals surface area contributed by atoms with Gasteiger partial charge in [0.05, 0.1) is 0 Å². The van der Waals surface area contributed by atoms with Gasteiger partial charge < -0.3 is 13.4 Å². The zero-order valence-electron chi connectivity index (χ0n) is 17.3. The van der Waals surface area contributed by atoms with E-state index in [9.17, 15) is 0 Å². The molecule has 0 rings (SSSR count). The molecule has 0 aliphatic heterocycles. The Bertz CT molecular complexity index is 273. The topological polar surface area (TPSA) is 21.7 Å². The summed E-state index contributed by atoms with van der Waals surface area (Å²) in [5.74, 6) is 0. The van der Waals surface area contributed by atoms with E-state index in [1.807, 2.05) is 0 Å².